The lowest BCUT2D eigenvalue weighted by molar-refractivity contribution is -0.115. The van der Waals surface area contributed by atoms with Crippen molar-refractivity contribution >= 4 is 34.2 Å². The number of hydrogen-bond acceptors (Lipinski definition) is 4. The largest absolute Gasteiger partial charge is 0.496 e. The second-order valence-electron chi connectivity index (χ2n) is 4.91. The number of ether oxygens (including phenoxy) is 1. The van der Waals surface area contributed by atoms with Crippen molar-refractivity contribution in [2.24, 2.45) is 0 Å². The quantitative estimate of drug-likeness (QED) is 0.797. The fourth-order valence-electron chi connectivity index (χ4n) is 2.35. The number of carbonyl (C=O) groups is 1. The molecule has 0 aliphatic heterocycles. The Morgan fingerprint density at radius 1 is 1.22 bits per heavy atom. The van der Waals surface area contributed by atoms with E-state index in [9.17, 15) is 4.79 Å². The van der Waals surface area contributed by atoms with Gasteiger partial charge in [-0.15, -0.1) is 0 Å². The Morgan fingerprint density at radius 2 is 2.04 bits per heavy atom. The lowest BCUT2D eigenvalue weighted by Crippen LogP contribution is -2.15. The number of nitrogens with zero attached hydrogens (tertiary/aromatic N) is 2. The molecule has 0 aliphatic carbocycles. The number of anilines is 1. The van der Waals surface area contributed by atoms with Gasteiger partial charge < -0.3 is 10.1 Å². The SMILES string of the molecule is COc1ccc(Cl)cc1CC(=O)Nc1cccc2nccnc12. The number of rotatable bonds is 4. The van der Waals surface area contributed by atoms with Crippen LogP contribution in [0.3, 0.4) is 0 Å². The highest BCUT2D eigenvalue weighted by molar-refractivity contribution is 6.30. The minimum atomic E-state index is -0.177. The molecule has 0 saturated carbocycles. The number of methoxy groups -OCH3 is 1. The van der Waals surface area contributed by atoms with E-state index in [-0.39, 0.29) is 12.3 Å². The molecule has 23 heavy (non-hydrogen) atoms. The van der Waals surface area contributed by atoms with Gasteiger partial charge in [-0.05, 0) is 30.3 Å². The first kappa shape index (κ1) is 15.2. The molecule has 0 spiro atoms. The van der Waals surface area contributed by atoms with Crippen LogP contribution in [0.4, 0.5) is 5.69 Å². The summed E-state index contributed by atoms with van der Waals surface area (Å²) in [6.45, 7) is 0. The Labute approximate surface area is 138 Å². The molecule has 1 amide bonds. The predicted octanol–water partition coefficient (Wildman–Crippen LogP) is 3.47. The van der Waals surface area contributed by atoms with E-state index in [0.29, 0.717) is 22.0 Å². The summed E-state index contributed by atoms with van der Waals surface area (Å²) in [6, 6.07) is 10.7. The maximum atomic E-state index is 12.3. The minimum absolute atomic E-state index is 0.153. The van der Waals surface area contributed by atoms with Gasteiger partial charge in [-0.25, -0.2) is 0 Å². The van der Waals surface area contributed by atoms with Gasteiger partial charge in [-0.1, -0.05) is 17.7 Å². The molecule has 3 rings (SSSR count). The third-order valence-corrected chi connectivity index (χ3v) is 3.60. The summed E-state index contributed by atoms with van der Waals surface area (Å²) in [5.41, 5.74) is 2.73. The zero-order valence-electron chi connectivity index (χ0n) is 12.4. The number of benzene rings is 2. The van der Waals surface area contributed by atoms with Gasteiger partial charge in [0.15, 0.2) is 0 Å². The first-order valence-corrected chi connectivity index (χ1v) is 7.37. The van der Waals surface area contributed by atoms with E-state index >= 15 is 0 Å². The van der Waals surface area contributed by atoms with Crippen molar-refractivity contribution in [3.05, 3.63) is 59.4 Å². The zero-order valence-corrected chi connectivity index (χ0v) is 13.2. The average molecular weight is 328 g/mol. The van der Waals surface area contributed by atoms with E-state index < -0.39 is 0 Å². The Hall–Kier alpha value is -2.66. The average Bonchev–Trinajstić information content (AvgIpc) is 2.55. The van der Waals surface area contributed by atoms with Crippen LogP contribution in [0.2, 0.25) is 5.02 Å². The van der Waals surface area contributed by atoms with Crippen LogP contribution in [0, 0.1) is 0 Å². The van der Waals surface area contributed by atoms with E-state index in [1.165, 1.54) is 0 Å². The number of halogens is 1. The van der Waals surface area contributed by atoms with Crippen LogP contribution in [0.15, 0.2) is 48.8 Å². The molecule has 1 aromatic heterocycles. The summed E-state index contributed by atoms with van der Waals surface area (Å²) < 4.78 is 5.26. The van der Waals surface area contributed by atoms with Gasteiger partial charge in [0.1, 0.15) is 11.3 Å². The van der Waals surface area contributed by atoms with E-state index in [0.717, 1.165) is 11.1 Å². The minimum Gasteiger partial charge on any atom is -0.496 e. The molecule has 116 valence electrons. The first-order valence-electron chi connectivity index (χ1n) is 6.99. The Kier molecular flexibility index (Phi) is 4.39. The fraction of sp³-hybridized carbons (Fsp3) is 0.118. The predicted molar refractivity (Wildman–Crippen MR) is 89.9 cm³/mol. The van der Waals surface area contributed by atoms with Gasteiger partial charge in [0.25, 0.3) is 0 Å². The van der Waals surface area contributed by atoms with E-state index in [4.69, 9.17) is 16.3 Å². The summed E-state index contributed by atoms with van der Waals surface area (Å²) >= 11 is 5.99. The first-order chi connectivity index (χ1) is 11.2. The van der Waals surface area contributed by atoms with Gasteiger partial charge in [0.2, 0.25) is 5.91 Å². The molecule has 5 nitrogen and oxygen atoms in total. The normalized spacial score (nSPS) is 10.5. The van der Waals surface area contributed by atoms with E-state index in [1.54, 1.807) is 43.8 Å². The van der Waals surface area contributed by atoms with Crippen molar-refractivity contribution in [1.29, 1.82) is 0 Å². The molecule has 0 atom stereocenters. The number of carbonyl (C=O) groups excluding carboxylic acids is 1. The van der Waals surface area contributed by atoms with Crippen LogP contribution < -0.4 is 10.1 Å². The highest BCUT2D eigenvalue weighted by Gasteiger charge is 2.11. The van der Waals surface area contributed by atoms with Crippen molar-refractivity contribution in [2.45, 2.75) is 6.42 Å². The van der Waals surface area contributed by atoms with Gasteiger partial charge in [0, 0.05) is 23.0 Å². The third-order valence-electron chi connectivity index (χ3n) is 3.37. The molecule has 1 N–H and O–H groups in total. The maximum Gasteiger partial charge on any atom is 0.228 e. The van der Waals surface area contributed by atoms with Crippen LogP contribution in [-0.2, 0) is 11.2 Å². The third kappa shape index (κ3) is 3.40. The van der Waals surface area contributed by atoms with Crippen LogP contribution >= 0.6 is 11.6 Å². The van der Waals surface area contributed by atoms with Crippen molar-refractivity contribution in [2.75, 3.05) is 12.4 Å². The second-order valence-corrected chi connectivity index (χ2v) is 5.35. The molecule has 0 fully saturated rings. The van der Waals surface area contributed by atoms with Crippen molar-refractivity contribution in [3.63, 3.8) is 0 Å². The van der Waals surface area contributed by atoms with Crippen molar-refractivity contribution in [1.82, 2.24) is 9.97 Å². The summed E-state index contributed by atoms with van der Waals surface area (Å²) in [4.78, 5) is 20.8. The molecule has 0 bridgehead atoms. The summed E-state index contributed by atoms with van der Waals surface area (Å²) in [5, 5.41) is 3.42. The number of hydrogen-bond donors (Lipinski definition) is 1. The van der Waals surface area contributed by atoms with Crippen LogP contribution in [0.1, 0.15) is 5.56 Å². The van der Waals surface area contributed by atoms with Gasteiger partial charge in [-0.2, -0.15) is 0 Å². The fourth-order valence-corrected chi connectivity index (χ4v) is 2.54. The summed E-state index contributed by atoms with van der Waals surface area (Å²) in [6.07, 6.45) is 3.36. The zero-order chi connectivity index (χ0) is 16.2. The van der Waals surface area contributed by atoms with Crippen LogP contribution in [0.5, 0.6) is 5.75 Å². The smallest absolute Gasteiger partial charge is 0.228 e. The van der Waals surface area contributed by atoms with Crippen molar-refractivity contribution in [3.8, 4) is 5.75 Å². The van der Waals surface area contributed by atoms with Gasteiger partial charge in [-0.3, -0.25) is 14.8 Å². The lowest BCUT2D eigenvalue weighted by Gasteiger charge is -2.10. The molecule has 1 heterocycles. The molecule has 0 unspecified atom stereocenters. The monoisotopic (exact) mass is 327 g/mol. The van der Waals surface area contributed by atoms with Gasteiger partial charge in [0.05, 0.1) is 24.7 Å². The molecule has 6 heteroatoms. The standard InChI is InChI=1S/C17H14ClN3O2/c1-23-15-6-5-12(18)9-11(15)10-16(22)21-14-4-2-3-13-17(14)20-8-7-19-13/h2-9H,10H2,1H3,(H,21,22). The van der Waals surface area contributed by atoms with Gasteiger partial charge >= 0.3 is 0 Å². The van der Waals surface area contributed by atoms with E-state index in [1.807, 2.05) is 12.1 Å². The number of nitrogens with one attached hydrogen (secondary N) is 1. The molecule has 0 aliphatic rings. The molecular weight excluding hydrogens is 314 g/mol. The number of aromatic nitrogens is 2. The summed E-state index contributed by atoms with van der Waals surface area (Å²) in [5.74, 6) is 0.450. The summed E-state index contributed by atoms with van der Waals surface area (Å²) in [7, 11) is 1.56. The highest BCUT2D eigenvalue weighted by Crippen LogP contribution is 2.24. The number of amides is 1. The highest BCUT2D eigenvalue weighted by atomic mass is 35.5. The molecule has 3 aromatic rings. The van der Waals surface area contributed by atoms with E-state index in [2.05, 4.69) is 15.3 Å². The van der Waals surface area contributed by atoms with Crippen LogP contribution in [-0.4, -0.2) is 23.0 Å². The molecular formula is C17H14ClN3O2. The second kappa shape index (κ2) is 6.62. The number of fused-ring (bicyclic) bond motifs is 1. The lowest BCUT2D eigenvalue weighted by atomic mass is 10.1. The Bertz CT molecular complexity index is 862. The Morgan fingerprint density at radius 3 is 2.87 bits per heavy atom. The molecule has 0 radical (unpaired) electrons. The Balaban J connectivity index is 1.83. The topological polar surface area (TPSA) is 64.1 Å². The molecule has 0 saturated heterocycles. The maximum absolute atomic E-state index is 12.3. The number of para-hydroxylation sites is 1. The van der Waals surface area contributed by atoms with Crippen LogP contribution in [0.25, 0.3) is 11.0 Å². The molecule has 2 aromatic carbocycles. The van der Waals surface area contributed by atoms with Crippen molar-refractivity contribution < 1.29 is 9.53 Å².